The first-order chi connectivity index (χ1) is 10.9. The summed E-state index contributed by atoms with van der Waals surface area (Å²) in [6, 6.07) is 0. The molecular formula is C21H32O2. The molecule has 0 radical (unpaired) electrons. The molecule has 23 heavy (non-hydrogen) atoms. The number of fused-ring (bicyclic) bond motifs is 5. The Labute approximate surface area is 140 Å². The molecule has 0 aromatic heterocycles. The average Bonchev–Trinajstić information content (AvgIpc) is 2.85. The maximum absolute atomic E-state index is 11.9. The first kappa shape index (κ1) is 15.9. The lowest BCUT2D eigenvalue weighted by molar-refractivity contribution is -0.123. The van der Waals surface area contributed by atoms with Crippen molar-refractivity contribution in [1.82, 2.24) is 0 Å². The minimum Gasteiger partial charge on any atom is -0.392 e. The van der Waals surface area contributed by atoms with Crippen molar-refractivity contribution >= 4 is 5.78 Å². The summed E-state index contributed by atoms with van der Waals surface area (Å²) < 4.78 is 0. The van der Waals surface area contributed by atoms with Gasteiger partial charge in [0.1, 0.15) is 0 Å². The predicted molar refractivity (Wildman–Crippen MR) is 91.9 cm³/mol. The van der Waals surface area contributed by atoms with Gasteiger partial charge in [0, 0.05) is 6.42 Å². The Morgan fingerprint density at radius 3 is 2.70 bits per heavy atom. The Kier molecular flexibility index (Phi) is 3.58. The molecule has 3 fully saturated rings. The van der Waals surface area contributed by atoms with Gasteiger partial charge >= 0.3 is 0 Å². The molecule has 4 aliphatic carbocycles. The van der Waals surface area contributed by atoms with E-state index in [0.717, 1.165) is 18.8 Å². The van der Waals surface area contributed by atoms with Gasteiger partial charge in [-0.25, -0.2) is 0 Å². The van der Waals surface area contributed by atoms with Crippen molar-refractivity contribution in [2.75, 3.05) is 0 Å². The SMILES string of the molecule is CC[C@H]1CC[C@H]2[C@@H]3[C@H](O)CC4=CC(=O)CC[C@]4(C)[C@H]3CC[C@]12C. The van der Waals surface area contributed by atoms with Gasteiger partial charge in [0.05, 0.1) is 6.10 Å². The van der Waals surface area contributed by atoms with Gasteiger partial charge in [0.2, 0.25) is 0 Å². The third kappa shape index (κ3) is 2.06. The second kappa shape index (κ2) is 5.18. The molecule has 0 unspecified atom stereocenters. The van der Waals surface area contributed by atoms with Crippen LogP contribution < -0.4 is 0 Å². The van der Waals surface area contributed by atoms with E-state index in [1.54, 1.807) is 0 Å². The predicted octanol–water partition coefficient (Wildman–Crippen LogP) is 4.52. The van der Waals surface area contributed by atoms with Gasteiger partial charge in [-0.2, -0.15) is 0 Å². The molecule has 0 aliphatic heterocycles. The quantitative estimate of drug-likeness (QED) is 0.772. The molecule has 4 rings (SSSR count). The first-order valence-corrected chi connectivity index (χ1v) is 9.82. The number of hydrogen-bond donors (Lipinski definition) is 1. The van der Waals surface area contributed by atoms with Crippen LogP contribution in [-0.4, -0.2) is 17.0 Å². The van der Waals surface area contributed by atoms with Crippen LogP contribution in [0.25, 0.3) is 0 Å². The molecule has 128 valence electrons. The fourth-order valence-electron chi connectivity index (χ4n) is 7.31. The first-order valence-electron chi connectivity index (χ1n) is 9.82. The fraction of sp³-hybridized carbons (Fsp3) is 0.857. The summed E-state index contributed by atoms with van der Waals surface area (Å²) in [5, 5.41) is 11.0. The molecule has 0 saturated heterocycles. The zero-order valence-electron chi connectivity index (χ0n) is 15.0. The van der Waals surface area contributed by atoms with Gasteiger partial charge in [0.15, 0.2) is 5.78 Å². The van der Waals surface area contributed by atoms with Crippen molar-refractivity contribution in [1.29, 1.82) is 0 Å². The highest BCUT2D eigenvalue weighted by molar-refractivity contribution is 5.91. The zero-order valence-corrected chi connectivity index (χ0v) is 15.0. The van der Waals surface area contributed by atoms with E-state index in [1.165, 1.54) is 37.7 Å². The van der Waals surface area contributed by atoms with Crippen LogP contribution in [-0.2, 0) is 4.79 Å². The lowest BCUT2D eigenvalue weighted by atomic mass is 9.46. The number of hydrogen-bond acceptors (Lipinski definition) is 2. The van der Waals surface area contributed by atoms with E-state index < -0.39 is 0 Å². The van der Waals surface area contributed by atoms with Gasteiger partial charge in [-0.15, -0.1) is 0 Å². The van der Waals surface area contributed by atoms with Crippen molar-refractivity contribution in [3.8, 4) is 0 Å². The van der Waals surface area contributed by atoms with E-state index in [4.69, 9.17) is 0 Å². The molecule has 3 saturated carbocycles. The molecule has 1 N–H and O–H groups in total. The Morgan fingerprint density at radius 1 is 1.17 bits per heavy atom. The van der Waals surface area contributed by atoms with E-state index in [0.29, 0.717) is 29.6 Å². The van der Waals surface area contributed by atoms with Gasteiger partial charge in [-0.3, -0.25) is 4.79 Å². The minimum atomic E-state index is -0.231. The molecule has 0 amide bonds. The molecule has 0 heterocycles. The van der Waals surface area contributed by atoms with Crippen LogP contribution in [0.1, 0.15) is 72.1 Å². The van der Waals surface area contributed by atoms with Crippen molar-refractivity contribution in [2.45, 2.75) is 78.2 Å². The van der Waals surface area contributed by atoms with Crippen molar-refractivity contribution in [2.24, 2.45) is 34.5 Å². The van der Waals surface area contributed by atoms with E-state index in [-0.39, 0.29) is 17.3 Å². The monoisotopic (exact) mass is 316 g/mol. The smallest absolute Gasteiger partial charge is 0.155 e. The summed E-state index contributed by atoms with van der Waals surface area (Å²) in [6.07, 6.45) is 10.6. The molecule has 2 heteroatoms. The van der Waals surface area contributed by atoms with E-state index in [1.807, 2.05) is 6.08 Å². The van der Waals surface area contributed by atoms with Crippen LogP contribution in [0.2, 0.25) is 0 Å². The molecular weight excluding hydrogens is 284 g/mol. The Balaban J connectivity index is 1.71. The largest absolute Gasteiger partial charge is 0.392 e. The summed E-state index contributed by atoms with van der Waals surface area (Å²) in [6.45, 7) is 7.25. The Morgan fingerprint density at radius 2 is 1.96 bits per heavy atom. The minimum absolute atomic E-state index is 0.170. The molecule has 0 aromatic rings. The van der Waals surface area contributed by atoms with Gasteiger partial charge < -0.3 is 5.11 Å². The summed E-state index contributed by atoms with van der Waals surface area (Å²) >= 11 is 0. The molecule has 7 atom stereocenters. The second-order valence-corrected chi connectivity index (χ2v) is 9.34. The summed E-state index contributed by atoms with van der Waals surface area (Å²) in [5.41, 5.74) is 1.87. The number of aliphatic hydroxyl groups excluding tert-OH is 1. The highest BCUT2D eigenvalue weighted by atomic mass is 16.3. The van der Waals surface area contributed by atoms with Crippen LogP contribution >= 0.6 is 0 Å². The molecule has 4 aliphatic rings. The number of ketones is 1. The third-order valence-corrected chi connectivity index (χ3v) is 8.67. The summed E-state index contributed by atoms with van der Waals surface area (Å²) in [5.74, 6) is 2.85. The Hall–Kier alpha value is -0.630. The zero-order chi connectivity index (χ0) is 16.4. The lowest BCUT2D eigenvalue weighted by Gasteiger charge is -2.59. The van der Waals surface area contributed by atoms with E-state index in [9.17, 15) is 9.90 Å². The van der Waals surface area contributed by atoms with Crippen LogP contribution in [0.15, 0.2) is 11.6 Å². The second-order valence-electron chi connectivity index (χ2n) is 9.34. The van der Waals surface area contributed by atoms with E-state index >= 15 is 0 Å². The van der Waals surface area contributed by atoms with Crippen molar-refractivity contribution < 1.29 is 9.90 Å². The van der Waals surface area contributed by atoms with E-state index in [2.05, 4.69) is 20.8 Å². The molecule has 2 nitrogen and oxygen atoms in total. The number of rotatable bonds is 1. The maximum atomic E-state index is 11.9. The standard InChI is InChI=1S/C21H32O2/c1-4-13-5-6-16-19-17(8-10-20(13,16)2)21(3)9-7-15(22)11-14(21)12-18(19)23/h11,13,16-19,23H,4-10,12H2,1-3H3/t13-,16-,17-,18+,19-,20+,21-/m0/s1. The van der Waals surface area contributed by atoms with Crippen LogP contribution in [0.5, 0.6) is 0 Å². The summed E-state index contributed by atoms with van der Waals surface area (Å²) in [4.78, 5) is 11.9. The fourth-order valence-corrected chi connectivity index (χ4v) is 7.31. The van der Waals surface area contributed by atoms with Gasteiger partial charge in [-0.1, -0.05) is 32.8 Å². The number of carbonyl (C=O) groups excluding carboxylic acids is 1. The van der Waals surface area contributed by atoms with Gasteiger partial charge in [0.25, 0.3) is 0 Å². The third-order valence-electron chi connectivity index (χ3n) is 8.67. The normalized spacial score (nSPS) is 52.4. The maximum Gasteiger partial charge on any atom is 0.155 e. The van der Waals surface area contributed by atoms with Crippen LogP contribution in [0, 0.1) is 34.5 Å². The Bertz CT molecular complexity index is 550. The topological polar surface area (TPSA) is 37.3 Å². The molecule has 0 bridgehead atoms. The number of aliphatic hydroxyl groups is 1. The highest BCUT2D eigenvalue weighted by Crippen LogP contribution is 2.66. The average molecular weight is 316 g/mol. The summed E-state index contributed by atoms with van der Waals surface area (Å²) in [7, 11) is 0. The highest BCUT2D eigenvalue weighted by Gasteiger charge is 2.60. The van der Waals surface area contributed by atoms with Crippen LogP contribution in [0.3, 0.4) is 0 Å². The molecule has 0 spiro atoms. The molecule has 0 aromatic carbocycles. The van der Waals surface area contributed by atoms with Crippen molar-refractivity contribution in [3.63, 3.8) is 0 Å². The number of carbonyl (C=O) groups is 1. The van der Waals surface area contributed by atoms with Gasteiger partial charge in [-0.05, 0) is 79.1 Å². The van der Waals surface area contributed by atoms with Crippen LogP contribution in [0.4, 0.5) is 0 Å². The van der Waals surface area contributed by atoms with Crippen molar-refractivity contribution in [3.05, 3.63) is 11.6 Å². The lowest BCUT2D eigenvalue weighted by Crippen LogP contribution is -2.55.